The largest absolute Gasteiger partial charge is 0.110 e. The van der Waals surface area contributed by atoms with Crippen molar-refractivity contribution in [2.75, 3.05) is 0 Å². The first kappa shape index (κ1) is 7.18. The molecule has 1 radical (unpaired) electrons. The monoisotopic (exact) mass is 123 g/mol. The molecule has 0 nitrogen and oxygen atoms in total. The van der Waals surface area contributed by atoms with Gasteiger partial charge in [0, 0.05) is 0 Å². The van der Waals surface area contributed by atoms with Gasteiger partial charge in [-0.2, -0.15) is 0 Å². The number of hydrogen-bond donors (Lipinski definition) is 0. The average Bonchev–Trinajstić information content (AvgIpc) is 1.97. The van der Waals surface area contributed by atoms with Crippen LogP contribution >= 0.6 is 0 Å². The molecule has 9 heavy (non-hydrogen) atoms. The minimum absolute atomic E-state index is 0.954. The first-order chi connectivity index (χ1) is 4.29. The van der Waals surface area contributed by atoms with E-state index in [4.69, 9.17) is 0 Å². The van der Waals surface area contributed by atoms with Crippen LogP contribution in [0.5, 0.6) is 0 Å². The van der Waals surface area contributed by atoms with Crippen LogP contribution in [0, 0.1) is 11.8 Å². The lowest BCUT2D eigenvalue weighted by molar-refractivity contribution is 0.493. The van der Waals surface area contributed by atoms with Crippen LogP contribution < -0.4 is 0 Å². The topological polar surface area (TPSA) is 0 Å². The fourth-order valence-electron chi connectivity index (χ4n) is 1.47. The molecule has 0 aromatic heterocycles. The third-order valence-corrected chi connectivity index (χ3v) is 2.29. The third-order valence-electron chi connectivity index (χ3n) is 2.29. The number of rotatable bonds is 0. The van der Waals surface area contributed by atoms with E-state index >= 15 is 0 Å². The molecule has 0 saturated carbocycles. The lowest BCUT2D eigenvalue weighted by Gasteiger charge is -2.05. The highest BCUT2D eigenvalue weighted by atomic mass is 14.1. The summed E-state index contributed by atoms with van der Waals surface area (Å²) in [4.78, 5) is 0. The molecule has 0 N–H and O–H groups in total. The van der Waals surface area contributed by atoms with Crippen molar-refractivity contribution in [3.05, 3.63) is 0 Å². The molecular weight excluding hydrogens is 107 g/mol. The third kappa shape index (κ3) is 2.42. The molecule has 0 spiro atoms. The van der Waals surface area contributed by atoms with Crippen molar-refractivity contribution in [2.24, 2.45) is 11.8 Å². The van der Waals surface area contributed by atoms with Gasteiger partial charge in [-0.3, -0.25) is 0 Å². The highest BCUT2D eigenvalue weighted by molar-refractivity contribution is 6.35. The van der Waals surface area contributed by atoms with Crippen molar-refractivity contribution in [1.82, 2.24) is 0 Å². The molecular formula is C8H16B. The zero-order valence-electron chi connectivity index (χ0n) is 6.56. The van der Waals surface area contributed by atoms with E-state index in [0.29, 0.717) is 0 Å². The lowest BCUT2D eigenvalue weighted by Crippen LogP contribution is -1.94. The van der Waals surface area contributed by atoms with E-state index in [9.17, 15) is 0 Å². The fourth-order valence-corrected chi connectivity index (χ4v) is 1.47. The van der Waals surface area contributed by atoms with E-state index in [-0.39, 0.29) is 0 Å². The normalized spacial score (nSPS) is 37.1. The van der Waals surface area contributed by atoms with Crippen LogP contribution in [-0.2, 0) is 0 Å². The zero-order valence-corrected chi connectivity index (χ0v) is 6.56. The summed E-state index contributed by atoms with van der Waals surface area (Å²) in [6.07, 6.45) is 5.59. The maximum atomic E-state index is 2.46. The molecule has 0 aromatic rings. The summed E-state index contributed by atoms with van der Waals surface area (Å²) in [5.41, 5.74) is 0. The number of hydrogen-bond acceptors (Lipinski definition) is 0. The Bertz CT molecular complexity index is 70.6. The molecule has 2 unspecified atom stereocenters. The summed E-state index contributed by atoms with van der Waals surface area (Å²) in [6.45, 7) is 4.71. The Morgan fingerprint density at radius 2 is 1.44 bits per heavy atom. The molecule has 51 valence electrons. The quantitative estimate of drug-likeness (QED) is 0.434. The van der Waals surface area contributed by atoms with Crippen LogP contribution in [0.3, 0.4) is 0 Å². The van der Waals surface area contributed by atoms with Crippen molar-refractivity contribution in [3.63, 3.8) is 0 Å². The molecule has 2 atom stereocenters. The summed E-state index contributed by atoms with van der Waals surface area (Å²) in [5.74, 6) is 1.91. The maximum absolute atomic E-state index is 2.46. The summed E-state index contributed by atoms with van der Waals surface area (Å²) >= 11 is 0. The smallest absolute Gasteiger partial charge is 0.0778 e. The van der Waals surface area contributed by atoms with E-state index in [1.165, 1.54) is 25.5 Å². The Hall–Kier alpha value is 0.0649. The first-order valence-corrected chi connectivity index (χ1v) is 4.10. The Kier molecular flexibility index (Phi) is 2.62. The van der Waals surface area contributed by atoms with Crippen LogP contribution in [0.15, 0.2) is 0 Å². The van der Waals surface area contributed by atoms with Crippen molar-refractivity contribution < 1.29 is 0 Å². The van der Waals surface area contributed by atoms with Crippen LogP contribution in [-0.4, -0.2) is 7.28 Å². The van der Waals surface area contributed by atoms with Gasteiger partial charge in [0.2, 0.25) is 0 Å². The van der Waals surface area contributed by atoms with Gasteiger partial charge in [0.15, 0.2) is 0 Å². The zero-order chi connectivity index (χ0) is 6.69. The highest BCUT2D eigenvalue weighted by Gasteiger charge is 2.12. The lowest BCUT2D eigenvalue weighted by atomic mass is 9.66. The summed E-state index contributed by atoms with van der Waals surface area (Å²) in [7, 11) is 2.46. The highest BCUT2D eigenvalue weighted by Crippen LogP contribution is 2.23. The van der Waals surface area contributed by atoms with Crippen molar-refractivity contribution in [2.45, 2.75) is 39.3 Å². The van der Waals surface area contributed by atoms with Crippen LogP contribution in [0.1, 0.15) is 26.7 Å². The Balaban J connectivity index is 2.25. The fraction of sp³-hybridized carbons (Fsp3) is 1.00. The van der Waals surface area contributed by atoms with Gasteiger partial charge in [0.25, 0.3) is 0 Å². The molecule has 1 rings (SSSR count). The molecule has 0 amide bonds. The summed E-state index contributed by atoms with van der Waals surface area (Å²) in [6, 6.07) is 0. The molecule has 1 fully saturated rings. The second-order valence-corrected chi connectivity index (χ2v) is 3.55. The van der Waals surface area contributed by atoms with Gasteiger partial charge in [-0.1, -0.05) is 51.2 Å². The van der Waals surface area contributed by atoms with E-state index in [1.54, 1.807) is 0 Å². The molecule has 1 aliphatic rings. The summed E-state index contributed by atoms with van der Waals surface area (Å²) < 4.78 is 0. The minimum atomic E-state index is 0.954. The van der Waals surface area contributed by atoms with Crippen molar-refractivity contribution in [1.29, 1.82) is 0 Å². The molecule has 0 aromatic carbocycles. The Labute approximate surface area is 59.3 Å². The van der Waals surface area contributed by atoms with Gasteiger partial charge in [-0.15, -0.1) is 0 Å². The Morgan fingerprint density at radius 1 is 1.00 bits per heavy atom. The molecule has 1 heteroatoms. The van der Waals surface area contributed by atoms with Crippen LogP contribution in [0.2, 0.25) is 12.6 Å². The second-order valence-electron chi connectivity index (χ2n) is 3.55. The van der Waals surface area contributed by atoms with E-state index in [2.05, 4.69) is 21.1 Å². The molecule has 1 aliphatic heterocycles. The van der Waals surface area contributed by atoms with Gasteiger partial charge in [0.05, 0.1) is 0 Å². The molecule has 0 bridgehead atoms. The minimum Gasteiger partial charge on any atom is -0.0778 e. The predicted octanol–water partition coefficient (Wildman–Crippen LogP) is 2.59. The van der Waals surface area contributed by atoms with Gasteiger partial charge in [0.1, 0.15) is 7.28 Å². The average molecular weight is 123 g/mol. The maximum Gasteiger partial charge on any atom is 0.110 e. The second kappa shape index (κ2) is 3.29. The van der Waals surface area contributed by atoms with Crippen molar-refractivity contribution in [3.8, 4) is 0 Å². The molecule has 0 aliphatic carbocycles. The van der Waals surface area contributed by atoms with Crippen molar-refractivity contribution >= 4 is 7.28 Å². The van der Waals surface area contributed by atoms with E-state index in [0.717, 1.165) is 11.8 Å². The molecule has 1 saturated heterocycles. The van der Waals surface area contributed by atoms with E-state index < -0.39 is 0 Å². The van der Waals surface area contributed by atoms with Crippen LogP contribution in [0.4, 0.5) is 0 Å². The van der Waals surface area contributed by atoms with Gasteiger partial charge in [-0.25, -0.2) is 0 Å². The van der Waals surface area contributed by atoms with Gasteiger partial charge < -0.3 is 0 Å². The Morgan fingerprint density at radius 3 is 1.89 bits per heavy atom. The van der Waals surface area contributed by atoms with E-state index in [1.807, 2.05) is 0 Å². The van der Waals surface area contributed by atoms with Crippen LogP contribution in [0.25, 0.3) is 0 Å². The van der Waals surface area contributed by atoms with Gasteiger partial charge in [-0.05, 0) is 0 Å². The standard InChI is InChI=1S/C8H16B/c1-7-3-4-8(2)6-9-5-7/h7-8H,3-6H2,1-2H3. The predicted molar refractivity (Wildman–Crippen MR) is 42.9 cm³/mol. The molecule has 1 heterocycles. The summed E-state index contributed by atoms with van der Waals surface area (Å²) in [5, 5.41) is 0. The SMILES string of the molecule is CC1C[B]CC(C)CC1. The van der Waals surface area contributed by atoms with Gasteiger partial charge >= 0.3 is 0 Å². The first-order valence-electron chi connectivity index (χ1n) is 4.10.